The van der Waals surface area contributed by atoms with Crippen LogP contribution in [0.15, 0.2) is 30.3 Å². The summed E-state index contributed by atoms with van der Waals surface area (Å²) in [5.74, 6) is 0.00512. The normalized spacial score (nSPS) is 21.3. The SMILES string of the molecule is CC(C)C(C)(C#N)NC(=O)CN1CCCC1c1ccccc1. The molecule has 0 bridgehead atoms. The molecule has 0 aromatic heterocycles. The minimum atomic E-state index is -0.806. The first-order chi connectivity index (χ1) is 10.5. The molecule has 1 aliphatic rings. The van der Waals surface area contributed by atoms with Crippen LogP contribution in [0.1, 0.15) is 45.2 Å². The molecule has 1 amide bonds. The number of nitrogens with one attached hydrogen (secondary N) is 1. The van der Waals surface area contributed by atoms with E-state index < -0.39 is 5.54 Å². The maximum absolute atomic E-state index is 12.4. The van der Waals surface area contributed by atoms with Crippen LogP contribution in [0.3, 0.4) is 0 Å². The molecule has 2 rings (SSSR count). The summed E-state index contributed by atoms with van der Waals surface area (Å²) in [5.41, 5.74) is 0.457. The van der Waals surface area contributed by atoms with Gasteiger partial charge in [0.2, 0.25) is 5.91 Å². The van der Waals surface area contributed by atoms with Gasteiger partial charge in [-0.2, -0.15) is 5.26 Å². The fraction of sp³-hybridized carbons (Fsp3) is 0.556. The van der Waals surface area contributed by atoms with E-state index in [0.29, 0.717) is 12.6 Å². The van der Waals surface area contributed by atoms with Crippen molar-refractivity contribution in [2.24, 2.45) is 5.92 Å². The van der Waals surface area contributed by atoms with Crippen LogP contribution in [0.25, 0.3) is 0 Å². The van der Waals surface area contributed by atoms with Crippen LogP contribution < -0.4 is 5.32 Å². The minimum absolute atomic E-state index is 0.0689. The molecule has 2 unspecified atom stereocenters. The van der Waals surface area contributed by atoms with Crippen LogP contribution in [-0.4, -0.2) is 29.4 Å². The molecule has 1 aliphatic heterocycles. The molecule has 0 aliphatic carbocycles. The number of hydrogen-bond acceptors (Lipinski definition) is 3. The van der Waals surface area contributed by atoms with Crippen LogP contribution in [0, 0.1) is 17.2 Å². The number of carbonyl (C=O) groups excluding carboxylic acids is 1. The average molecular weight is 299 g/mol. The maximum atomic E-state index is 12.4. The van der Waals surface area contributed by atoms with Gasteiger partial charge in [-0.3, -0.25) is 9.69 Å². The Labute approximate surface area is 133 Å². The lowest BCUT2D eigenvalue weighted by Gasteiger charge is -2.30. The van der Waals surface area contributed by atoms with Crippen molar-refractivity contribution in [1.82, 2.24) is 10.2 Å². The Morgan fingerprint density at radius 1 is 1.45 bits per heavy atom. The smallest absolute Gasteiger partial charge is 0.235 e. The second kappa shape index (κ2) is 6.93. The Balaban J connectivity index is 2.01. The van der Waals surface area contributed by atoms with E-state index in [1.807, 2.05) is 32.0 Å². The van der Waals surface area contributed by atoms with Gasteiger partial charge >= 0.3 is 0 Å². The van der Waals surface area contributed by atoms with Crippen molar-refractivity contribution < 1.29 is 4.79 Å². The quantitative estimate of drug-likeness (QED) is 0.909. The Morgan fingerprint density at radius 2 is 2.14 bits per heavy atom. The predicted octanol–water partition coefficient (Wildman–Crippen LogP) is 2.88. The molecule has 4 nitrogen and oxygen atoms in total. The summed E-state index contributed by atoms with van der Waals surface area (Å²) in [6.45, 7) is 6.97. The van der Waals surface area contributed by atoms with Gasteiger partial charge < -0.3 is 5.32 Å². The van der Waals surface area contributed by atoms with Gasteiger partial charge in [-0.05, 0) is 37.8 Å². The number of likely N-dealkylation sites (tertiary alicyclic amines) is 1. The zero-order chi connectivity index (χ0) is 16.2. The molecule has 22 heavy (non-hydrogen) atoms. The fourth-order valence-electron chi connectivity index (χ4n) is 2.88. The monoisotopic (exact) mass is 299 g/mol. The zero-order valence-corrected chi connectivity index (χ0v) is 13.7. The van der Waals surface area contributed by atoms with E-state index in [1.54, 1.807) is 6.92 Å². The van der Waals surface area contributed by atoms with E-state index in [4.69, 9.17) is 0 Å². The first-order valence-electron chi connectivity index (χ1n) is 7.97. The van der Waals surface area contributed by atoms with E-state index in [1.165, 1.54) is 5.56 Å². The summed E-state index contributed by atoms with van der Waals surface area (Å²) >= 11 is 0. The second-order valence-electron chi connectivity index (χ2n) is 6.56. The van der Waals surface area contributed by atoms with Crippen LogP contribution in [0.5, 0.6) is 0 Å². The topological polar surface area (TPSA) is 56.1 Å². The van der Waals surface area contributed by atoms with Gasteiger partial charge in [-0.25, -0.2) is 0 Å². The molecule has 118 valence electrons. The Hall–Kier alpha value is -1.86. The van der Waals surface area contributed by atoms with Gasteiger partial charge in [0, 0.05) is 6.04 Å². The Morgan fingerprint density at radius 3 is 2.73 bits per heavy atom. The Kier molecular flexibility index (Phi) is 5.20. The lowest BCUT2D eigenvalue weighted by atomic mass is 9.90. The third-order valence-corrected chi connectivity index (χ3v) is 4.68. The minimum Gasteiger partial charge on any atom is -0.337 e. The number of benzene rings is 1. The molecule has 0 spiro atoms. The van der Waals surface area contributed by atoms with Gasteiger partial charge in [0.25, 0.3) is 0 Å². The predicted molar refractivity (Wildman–Crippen MR) is 87.0 cm³/mol. The standard InChI is InChI=1S/C18H25N3O/c1-14(2)18(3,13-19)20-17(22)12-21-11-7-10-16(21)15-8-5-4-6-9-15/h4-6,8-9,14,16H,7,10-12H2,1-3H3,(H,20,22). The van der Waals surface area contributed by atoms with Crippen molar-refractivity contribution in [2.45, 2.75) is 45.2 Å². The third kappa shape index (κ3) is 3.66. The van der Waals surface area contributed by atoms with Gasteiger partial charge in [-0.15, -0.1) is 0 Å². The fourth-order valence-corrected chi connectivity index (χ4v) is 2.88. The first-order valence-corrected chi connectivity index (χ1v) is 7.97. The molecule has 0 saturated carbocycles. The number of rotatable bonds is 5. The van der Waals surface area contributed by atoms with Crippen molar-refractivity contribution in [3.8, 4) is 6.07 Å². The lowest BCUT2D eigenvalue weighted by Crippen LogP contribution is -2.51. The molecule has 1 fully saturated rings. The van der Waals surface area contributed by atoms with Crippen molar-refractivity contribution in [2.75, 3.05) is 13.1 Å². The van der Waals surface area contributed by atoms with Crippen LogP contribution >= 0.6 is 0 Å². The molecular weight excluding hydrogens is 274 g/mol. The highest BCUT2D eigenvalue weighted by Gasteiger charge is 2.32. The molecule has 1 N–H and O–H groups in total. The van der Waals surface area contributed by atoms with E-state index in [9.17, 15) is 10.1 Å². The number of carbonyl (C=O) groups is 1. The summed E-state index contributed by atoms with van der Waals surface area (Å²) in [5, 5.41) is 12.2. The highest BCUT2D eigenvalue weighted by molar-refractivity contribution is 5.79. The van der Waals surface area contributed by atoms with Gasteiger partial charge in [0.15, 0.2) is 0 Å². The van der Waals surface area contributed by atoms with Gasteiger partial charge in [0.05, 0.1) is 12.6 Å². The summed E-state index contributed by atoms with van der Waals surface area (Å²) in [6.07, 6.45) is 2.18. The zero-order valence-electron chi connectivity index (χ0n) is 13.7. The maximum Gasteiger partial charge on any atom is 0.235 e. The largest absolute Gasteiger partial charge is 0.337 e. The average Bonchev–Trinajstić information content (AvgIpc) is 2.95. The molecule has 0 radical (unpaired) electrons. The molecule has 2 atom stereocenters. The lowest BCUT2D eigenvalue weighted by molar-refractivity contribution is -0.124. The summed E-state index contributed by atoms with van der Waals surface area (Å²) in [7, 11) is 0. The van der Waals surface area contributed by atoms with Crippen LogP contribution in [-0.2, 0) is 4.79 Å². The van der Waals surface area contributed by atoms with Crippen LogP contribution in [0.4, 0.5) is 0 Å². The highest BCUT2D eigenvalue weighted by atomic mass is 16.2. The highest BCUT2D eigenvalue weighted by Crippen LogP contribution is 2.31. The molecule has 1 aromatic carbocycles. The van der Waals surface area contributed by atoms with E-state index in [-0.39, 0.29) is 11.8 Å². The number of nitriles is 1. The van der Waals surface area contributed by atoms with Gasteiger partial charge in [0.1, 0.15) is 5.54 Å². The molecule has 1 heterocycles. The van der Waals surface area contributed by atoms with Crippen LogP contribution in [0.2, 0.25) is 0 Å². The van der Waals surface area contributed by atoms with E-state index >= 15 is 0 Å². The first kappa shape index (κ1) is 16.5. The molecule has 1 saturated heterocycles. The molecule has 4 heteroatoms. The second-order valence-corrected chi connectivity index (χ2v) is 6.56. The van der Waals surface area contributed by atoms with Crippen molar-refractivity contribution in [3.63, 3.8) is 0 Å². The third-order valence-electron chi connectivity index (χ3n) is 4.68. The van der Waals surface area contributed by atoms with E-state index in [2.05, 4.69) is 28.4 Å². The van der Waals surface area contributed by atoms with Crippen molar-refractivity contribution in [1.29, 1.82) is 5.26 Å². The number of nitrogens with zero attached hydrogens (tertiary/aromatic N) is 2. The number of amides is 1. The Bertz CT molecular complexity index is 549. The van der Waals surface area contributed by atoms with Crippen molar-refractivity contribution >= 4 is 5.91 Å². The summed E-state index contributed by atoms with van der Waals surface area (Å²) in [4.78, 5) is 14.6. The number of hydrogen-bond donors (Lipinski definition) is 1. The molecule has 1 aromatic rings. The van der Waals surface area contributed by atoms with Crippen molar-refractivity contribution in [3.05, 3.63) is 35.9 Å². The van der Waals surface area contributed by atoms with E-state index in [0.717, 1.165) is 19.4 Å². The van der Waals surface area contributed by atoms with Gasteiger partial charge in [-0.1, -0.05) is 44.2 Å². The molecular formula is C18H25N3O. The summed E-state index contributed by atoms with van der Waals surface area (Å²) < 4.78 is 0. The summed E-state index contributed by atoms with van der Waals surface area (Å²) in [6, 6.07) is 12.9.